The molecular weight excluding hydrogens is 482 g/mol. The third-order valence-corrected chi connectivity index (χ3v) is 7.66. The van der Waals surface area contributed by atoms with Crippen LogP contribution in [-0.2, 0) is 6.42 Å². The number of para-hydroxylation sites is 1. The van der Waals surface area contributed by atoms with Crippen molar-refractivity contribution in [2.45, 2.75) is 40.0 Å². The van der Waals surface area contributed by atoms with Crippen molar-refractivity contribution in [2.24, 2.45) is 11.3 Å². The molecule has 3 aromatic rings. The molecule has 2 N–H and O–H groups in total. The van der Waals surface area contributed by atoms with Crippen LogP contribution in [0.25, 0.3) is 22.6 Å². The molecule has 0 spiro atoms. The molecule has 1 aliphatic carbocycles. The largest absolute Gasteiger partial charge is 0.503 e. The zero-order valence-corrected chi connectivity index (χ0v) is 20.9. The Balaban J connectivity index is 2.00. The van der Waals surface area contributed by atoms with Gasteiger partial charge in [0.25, 0.3) is 0 Å². The van der Waals surface area contributed by atoms with E-state index in [-0.39, 0.29) is 17.1 Å². The maximum atomic E-state index is 12.4. The second-order valence-electron chi connectivity index (χ2n) is 9.31. The lowest BCUT2D eigenvalue weighted by Crippen LogP contribution is -2.30. The highest BCUT2D eigenvalue weighted by Gasteiger charge is 2.36. The van der Waals surface area contributed by atoms with Crippen molar-refractivity contribution >= 4 is 44.5 Å². The van der Waals surface area contributed by atoms with Crippen LogP contribution in [0.2, 0.25) is 0 Å². The summed E-state index contributed by atoms with van der Waals surface area (Å²) in [6.45, 7) is 6.67. The summed E-state index contributed by atoms with van der Waals surface area (Å²) in [6.07, 6.45) is 4.49. The summed E-state index contributed by atoms with van der Waals surface area (Å²) in [5.74, 6) is -0.237. The average Bonchev–Trinajstić information content (AvgIpc) is 2.79. The first-order chi connectivity index (χ1) is 15.7. The monoisotopic (exact) mass is 509 g/mol. The topological polar surface area (TPSA) is 79.7 Å². The van der Waals surface area contributed by atoms with Gasteiger partial charge in [-0.05, 0) is 81.1 Å². The van der Waals surface area contributed by atoms with Gasteiger partial charge in [-0.3, -0.25) is 0 Å². The molecular formula is C27H28BrNO4. The van der Waals surface area contributed by atoms with Gasteiger partial charge in [-0.25, -0.2) is 9.78 Å². The number of carboxylic acids is 1. The van der Waals surface area contributed by atoms with Crippen molar-refractivity contribution in [1.29, 1.82) is 0 Å². The van der Waals surface area contributed by atoms with Crippen molar-refractivity contribution in [3.63, 3.8) is 0 Å². The van der Waals surface area contributed by atoms with E-state index in [0.717, 1.165) is 35.2 Å². The summed E-state index contributed by atoms with van der Waals surface area (Å²) < 4.78 is 5.86. The van der Waals surface area contributed by atoms with Crippen molar-refractivity contribution < 1.29 is 19.7 Å². The number of hydrogen-bond donors (Lipinski definition) is 2. The minimum absolute atomic E-state index is 0.0332. The number of carbonyl (C=O) groups is 1. The van der Waals surface area contributed by atoms with Gasteiger partial charge >= 0.3 is 5.97 Å². The Morgan fingerprint density at radius 1 is 1.27 bits per heavy atom. The van der Waals surface area contributed by atoms with Crippen LogP contribution >= 0.6 is 15.9 Å². The molecule has 4 rings (SSSR count). The number of nitrogens with zero attached hydrogens (tertiary/aromatic N) is 1. The number of rotatable bonds is 5. The van der Waals surface area contributed by atoms with Crippen LogP contribution in [0.1, 0.15) is 60.8 Å². The summed E-state index contributed by atoms with van der Waals surface area (Å²) in [5, 5.41) is 21.1. The van der Waals surface area contributed by atoms with Crippen LogP contribution in [0.4, 0.5) is 0 Å². The first-order valence-corrected chi connectivity index (χ1v) is 11.9. The SMILES string of the molecule is CCC(C)(C)[C@H]1C/C(=C/c2cc(Br)c(O)c(OC)c2)c2nc3ccccc3c(C(=O)O)c2C1. The minimum Gasteiger partial charge on any atom is -0.503 e. The Bertz CT molecular complexity index is 1280. The zero-order chi connectivity index (χ0) is 23.9. The summed E-state index contributed by atoms with van der Waals surface area (Å²) in [6, 6.07) is 11.0. The lowest BCUT2D eigenvalue weighted by Gasteiger charge is -2.38. The molecule has 0 aliphatic heterocycles. The number of methoxy groups -OCH3 is 1. The predicted octanol–water partition coefficient (Wildman–Crippen LogP) is 6.95. The smallest absolute Gasteiger partial charge is 0.336 e. The van der Waals surface area contributed by atoms with Gasteiger partial charge in [0.2, 0.25) is 0 Å². The van der Waals surface area contributed by atoms with E-state index in [2.05, 4.69) is 36.7 Å². The van der Waals surface area contributed by atoms with E-state index in [9.17, 15) is 15.0 Å². The summed E-state index contributed by atoms with van der Waals surface area (Å²) >= 11 is 3.40. The summed E-state index contributed by atoms with van der Waals surface area (Å²) in [7, 11) is 1.51. The number of hydrogen-bond acceptors (Lipinski definition) is 4. The van der Waals surface area contributed by atoms with Crippen molar-refractivity contribution in [3.8, 4) is 11.5 Å². The molecule has 0 amide bonds. The van der Waals surface area contributed by atoms with Crippen LogP contribution in [0.3, 0.4) is 0 Å². The first kappa shape index (κ1) is 23.3. The lowest BCUT2D eigenvalue weighted by molar-refractivity contribution is 0.0696. The molecule has 1 aliphatic rings. The van der Waals surface area contributed by atoms with E-state index in [1.807, 2.05) is 36.4 Å². The van der Waals surface area contributed by atoms with Crippen molar-refractivity contribution in [2.75, 3.05) is 7.11 Å². The molecule has 5 nitrogen and oxygen atoms in total. The van der Waals surface area contributed by atoms with E-state index in [0.29, 0.717) is 33.1 Å². The van der Waals surface area contributed by atoms with Gasteiger partial charge < -0.3 is 14.9 Å². The van der Waals surface area contributed by atoms with Crippen molar-refractivity contribution in [1.82, 2.24) is 4.98 Å². The molecule has 0 saturated heterocycles. The van der Waals surface area contributed by atoms with E-state index in [1.165, 1.54) is 7.11 Å². The van der Waals surface area contributed by atoms with Crippen LogP contribution in [0.5, 0.6) is 11.5 Å². The fourth-order valence-electron chi connectivity index (χ4n) is 4.64. The molecule has 1 atom stereocenters. The second kappa shape index (κ2) is 8.82. The van der Waals surface area contributed by atoms with Crippen LogP contribution in [0.15, 0.2) is 40.9 Å². The third-order valence-electron chi connectivity index (χ3n) is 7.06. The highest BCUT2D eigenvalue weighted by atomic mass is 79.9. The standard InChI is InChI=1S/C27H28BrNO4/c1-5-27(2,3)17-13-16(10-15-11-20(28)25(30)22(12-15)33-4)24-19(14-17)23(26(31)32)18-8-6-7-9-21(18)29-24/h6-12,17,30H,5,13-14H2,1-4H3,(H,31,32)/b16-10-/t17-/m0/s1. The normalized spacial score (nSPS) is 17.2. The molecule has 0 saturated carbocycles. The summed E-state index contributed by atoms with van der Waals surface area (Å²) in [5.41, 5.74) is 4.45. The molecule has 33 heavy (non-hydrogen) atoms. The molecule has 2 aromatic carbocycles. The van der Waals surface area contributed by atoms with E-state index < -0.39 is 5.97 Å². The highest BCUT2D eigenvalue weighted by Crippen LogP contribution is 2.46. The fourth-order valence-corrected chi connectivity index (χ4v) is 5.10. The van der Waals surface area contributed by atoms with Gasteiger partial charge in [0.05, 0.1) is 28.4 Å². The van der Waals surface area contributed by atoms with Crippen LogP contribution < -0.4 is 4.74 Å². The Hall–Kier alpha value is -2.86. The predicted molar refractivity (Wildman–Crippen MR) is 135 cm³/mol. The number of benzene rings is 2. The number of phenolic OH excluding ortho intramolecular Hbond substituents is 1. The number of allylic oxidation sites excluding steroid dienone is 1. The third kappa shape index (κ3) is 4.24. The number of aromatic nitrogens is 1. The highest BCUT2D eigenvalue weighted by molar-refractivity contribution is 9.10. The number of pyridine rings is 1. The van der Waals surface area contributed by atoms with Crippen LogP contribution in [-0.4, -0.2) is 28.3 Å². The Morgan fingerprint density at radius 2 is 2.00 bits per heavy atom. The number of aromatic carboxylic acids is 1. The minimum atomic E-state index is -0.923. The quantitative estimate of drug-likeness (QED) is 0.388. The Labute approximate surface area is 202 Å². The van der Waals surface area contributed by atoms with Gasteiger partial charge in [0.1, 0.15) is 0 Å². The summed E-state index contributed by atoms with van der Waals surface area (Å²) in [4.78, 5) is 17.4. The van der Waals surface area contributed by atoms with Gasteiger partial charge in [-0.2, -0.15) is 0 Å². The fraction of sp³-hybridized carbons (Fsp3) is 0.333. The lowest BCUT2D eigenvalue weighted by atomic mass is 9.67. The Kier molecular flexibility index (Phi) is 6.23. The van der Waals surface area contributed by atoms with Gasteiger partial charge in [0.15, 0.2) is 11.5 Å². The molecule has 0 radical (unpaired) electrons. The average molecular weight is 510 g/mol. The molecule has 1 heterocycles. The van der Waals surface area contributed by atoms with E-state index in [1.54, 1.807) is 6.07 Å². The first-order valence-electron chi connectivity index (χ1n) is 11.1. The number of fused-ring (bicyclic) bond motifs is 2. The molecule has 1 aromatic heterocycles. The molecule has 0 unspecified atom stereocenters. The number of phenols is 1. The molecule has 172 valence electrons. The molecule has 0 bridgehead atoms. The number of ether oxygens (including phenoxy) is 1. The van der Waals surface area contributed by atoms with Gasteiger partial charge in [0, 0.05) is 5.39 Å². The molecule has 0 fully saturated rings. The Morgan fingerprint density at radius 3 is 2.67 bits per heavy atom. The van der Waals surface area contributed by atoms with Crippen LogP contribution in [0, 0.1) is 11.3 Å². The van der Waals surface area contributed by atoms with Gasteiger partial charge in [-0.1, -0.05) is 45.4 Å². The number of carboxylic acid groups (broad SMARTS) is 1. The maximum absolute atomic E-state index is 12.4. The number of aromatic hydroxyl groups is 1. The van der Waals surface area contributed by atoms with Crippen molar-refractivity contribution in [3.05, 3.63) is 63.3 Å². The zero-order valence-electron chi connectivity index (χ0n) is 19.3. The second-order valence-corrected chi connectivity index (χ2v) is 10.2. The van der Waals surface area contributed by atoms with Gasteiger partial charge in [-0.15, -0.1) is 0 Å². The van der Waals surface area contributed by atoms with E-state index >= 15 is 0 Å². The molecule has 6 heteroatoms. The maximum Gasteiger partial charge on any atom is 0.336 e. The van der Waals surface area contributed by atoms with E-state index in [4.69, 9.17) is 9.72 Å². The number of halogens is 1.